The molecule has 11 heteroatoms. The van der Waals surface area contributed by atoms with Crippen molar-refractivity contribution < 1.29 is 52.5 Å². The van der Waals surface area contributed by atoms with Gasteiger partial charge in [0.15, 0.2) is 23.1 Å². The van der Waals surface area contributed by atoms with Crippen LogP contribution in [0.15, 0.2) is 72.9 Å². The molecule has 0 spiro atoms. The molecule has 5 aliphatic rings. The lowest BCUT2D eigenvalue weighted by Gasteiger charge is -2.46. The first-order valence-corrected chi connectivity index (χ1v) is 23.4. The number of rotatable bonds is 1. The van der Waals surface area contributed by atoms with Crippen LogP contribution in [0.3, 0.4) is 0 Å². The molecule has 0 saturated carbocycles. The fourth-order valence-electron chi connectivity index (χ4n) is 10.0. The molecule has 0 aromatic rings. The predicted molar refractivity (Wildman–Crippen MR) is 241 cm³/mol. The molecule has 5 rings (SSSR count). The molecule has 11 nitrogen and oxygen atoms in total. The molecule has 5 heterocycles. The summed E-state index contributed by atoms with van der Waals surface area (Å²) >= 11 is 0. The van der Waals surface area contributed by atoms with Crippen molar-refractivity contribution in [3.63, 3.8) is 0 Å². The molecule has 350 valence electrons. The van der Waals surface area contributed by atoms with E-state index in [2.05, 4.69) is 26.8 Å². The van der Waals surface area contributed by atoms with Gasteiger partial charge in [0.05, 0.1) is 54.9 Å². The van der Waals surface area contributed by atoms with E-state index in [4.69, 9.17) is 42.6 Å². The maximum Gasteiger partial charge on any atom is 0.331 e. The number of carbonyl (C=O) groups is 1. The first kappa shape index (κ1) is 50.5. The van der Waals surface area contributed by atoms with E-state index in [0.29, 0.717) is 38.5 Å². The van der Waals surface area contributed by atoms with Crippen LogP contribution in [0.4, 0.5) is 0 Å². The molecule has 0 amide bonds. The summed E-state index contributed by atoms with van der Waals surface area (Å²) in [7, 11) is 0. The third-order valence-electron chi connectivity index (χ3n) is 12.0. The standard InChI is InChI=1S/C51H80O11/c1-35(2)47-36(3)25-26-39-30-43(60-49(6,7)56-39)34-45-32-41(58-51(10,11)62-45)28-37(52)27-40-31-44(61-50(8,9)57-40)33-42-29-38(55-48(4,5)59-42)23-21-19-17-15-13-12-14-16-18-20-22-24-46(53)54-47/h12-22,24,35-45,47,52H,23,25-34H2,1-11H3/b13-12+,16-14+,17-15+,20-18+,21-19+,24-22+/t36-,37+,38+,39-,40+,41-,42-,43-,44+,45+,47-/m0/s1. The maximum atomic E-state index is 12.9. The Morgan fingerprint density at radius 2 is 0.823 bits per heavy atom. The largest absolute Gasteiger partial charge is 0.459 e. The lowest BCUT2D eigenvalue weighted by molar-refractivity contribution is -0.328. The second-order valence-corrected chi connectivity index (χ2v) is 20.3. The molecule has 0 unspecified atom stereocenters. The number of esters is 1. The Kier molecular flexibility index (Phi) is 18.5. The molecule has 1 N–H and O–H groups in total. The van der Waals surface area contributed by atoms with Crippen LogP contribution in [0.1, 0.15) is 147 Å². The molecule has 0 aliphatic carbocycles. The van der Waals surface area contributed by atoms with Crippen molar-refractivity contribution in [3.8, 4) is 0 Å². The molecule has 4 saturated heterocycles. The molecule has 4 fully saturated rings. The van der Waals surface area contributed by atoms with Crippen LogP contribution in [0, 0.1) is 11.8 Å². The van der Waals surface area contributed by atoms with Gasteiger partial charge in [0.2, 0.25) is 0 Å². The number of allylic oxidation sites excluding steroid dienone is 10. The van der Waals surface area contributed by atoms with Crippen molar-refractivity contribution in [2.45, 2.75) is 231 Å². The van der Waals surface area contributed by atoms with Gasteiger partial charge in [-0.25, -0.2) is 4.79 Å². The first-order valence-electron chi connectivity index (χ1n) is 23.4. The Morgan fingerprint density at radius 1 is 0.484 bits per heavy atom. The van der Waals surface area contributed by atoms with Gasteiger partial charge in [0.25, 0.3) is 0 Å². The zero-order valence-electron chi connectivity index (χ0n) is 39.7. The summed E-state index contributed by atoms with van der Waals surface area (Å²) in [6, 6.07) is 0. The summed E-state index contributed by atoms with van der Waals surface area (Å²) in [6.45, 7) is 22.0. The quantitative estimate of drug-likeness (QED) is 0.254. The molecule has 8 bridgehead atoms. The second kappa shape index (κ2) is 22.6. The van der Waals surface area contributed by atoms with Gasteiger partial charge >= 0.3 is 5.97 Å². The third-order valence-corrected chi connectivity index (χ3v) is 12.0. The van der Waals surface area contributed by atoms with E-state index in [1.165, 1.54) is 6.08 Å². The Morgan fingerprint density at radius 3 is 1.26 bits per heavy atom. The summed E-state index contributed by atoms with van der Waals surface area (Å²) in [5.74, 6) is -3.14. The average molecular weight is 869 g/mol. The Balaban J connectivity index is 1.29. The van der Waals surface area contributed by atoms with Crippen LogP contribution in [0.5, 0.6) is 0 Å². The van der Waals surface area contributed by atoms with Gasteiger partial charge in [-0.1, -0.05) is 87.6 Å². The first-order chi connectivity index (χ1) is 29.1. The van der Waals surface area contributed by atoms with Crippen molar-refractivity contribution >= 4 is 5.97 Å². The number of hydrogen-bond acceptors (Lipinski definition) is 11. The topological polar surface area (TPSA) is 120 Å². The van der Waals surface area contributed by atoms with E-state index >= 15 is 0 Å². The van der Waals surface area contributed by atoms with Crippen LogP contribution in [-0.2, 0) is 47.4 Å². The van der Waals surface area contributed by atoms with Crippen LogP contribution < -0.4 is 0 Å². The van der Waals surface area contributed by atoms with Crippen molar-refractivity contribution in [2.75, 3.05) is 0 Å². The van der Waals surface area contributed by atoms with Crippen molar-refractivity contribution in [2.24, 2.45) is 11.8 Å². The molecular weight excluding hydrogens is 789 g/mol. The summed E-state index contributed by atoms with van der Waals surface area (Å²) in [4.78, 5) is 12.9. The normalized spacial score (nSPS) is 40.8. The summed E-state index contributed by atoms with van der Waals surface area (Å²) < 4.78 is 57.5. The van der Waals surface area contributed by atoms with Crippen LogP contribution in [0.2, 0.25) is 0 Å². The van der Waals surface area contributed by atoms with E-state index in [0.717, 1.165) is 32.1 Å². The van der Waals surface area contributed by atoms with Crippen molar-refractivity contribution in [3.05, 3.63) is 72.9 Å². The minimum Gasteiger partial charge on any atom is -0.459 e. The fourth-order valence-corrected chi connectivity index (χ4v) is 10.0. The van der Waals surface area contributed by atoms with Crippen LogP contribution in [0.25, 0.3) is 0 Å². The SMILES string of the molecule is CC(C)[C@@H]1OC(=O)/C=C/C=C/C=C/C=C/C=C/C=C/C[C@@H]2C[C@@H](C[C@H]3C[C@@H](C[C@@H](O)C[C@H]4C[C@H](C[C@@H]5C[C@H](CC[C@@H]1C)OC(C)(C)O5)OC(C)(C)O4)OC(C)(C)O3)OC(C)(C)O2. The minimum absolute atomic E-state index is 0.00971. The second-order valence-electron chi connectivity index (χ2n) is 20.3. The van der Waals surface area contributed by atoms with Gasteiger partial charge in [-0.2, -0.15) is 0 Å². The molecular formula is C51H80O11. The highest BCUT2D eigenvalue weighted by molar-refractivity contribution is 5.82. The maximum absolute atomic E-state index is 12.9. The van der Waals surface area contributed by atoms with Gasteiger partial charge in [-0.15, -0.1) is 0 Å². The zero-order chi connectivity index (χ0) is 45.1. The Labute approximate surface area is 373 Å². The molecule has 5 aliphatic heterocycles. The van der Waals surface area contributed by atoms with Gasteiger partial charge in [0, 0.05) is 44.6 Å². The Bertz CT molecular complexity index is 1590. The molecule has 62 heavy (non-hydrogen) atoms. The van der Waals surface area contributed by atoms with Gasteiger partial charge in [0.1, 0.15) is 6.10 Å². The lowest BCUT2D eigenvalue weighted by atomic mass is 9.88. The Hall–Kier alpha value is -2.45. The van der Waals surface area contributed by atoms with Crippen LogP contribution in [-0.4, -0.2) is 95.3 Å². The molecule has 0 radical (unpaired) electrons. The lowest BCUT2D eigenvalue weighted by Crippen LogP contribution is -2.50. The van der Waals surface area contributed by atoms with Gasteiger partial charge in [-0.05, 0) is 99.3 Å². The number of aliphatic hydroxyl groups is 1. The van der Waals surface area contributed by atoms with Crippen LogP contribution >= 0.6 is 0 Å². The monoisotopic (exact) mass is 869 g/mol. The third kappa shape index (κ3) is 17.5. The number of cyclic esters (lactones) is 1. The average Bonchev–Trinajstić information content (AvgIpc) is 3.11. The number of aliphatic hydroxyl groups excluding tert-OH is 1. The molecule has 11 atom stereocenters. The van der Waals surface area contributed by atoms with E-state index in [9.17, 15) is 9.90 Å². The summed E-state index contributed by atoms with van der Waals surface area (Å²) in [5.41, 5.74) is 0. The number of carbonyl (C=O) groups excluding carboxylic acids is 1. The highest BCUT2D eigenvalue weighted by Gasteiger charge is 2.44. The molecule has 0 aromatic heterocycles. The van der Waals surface area contributed by atoms with E-state index < -0.39 is 29.3 Å². The fraction of sp³-hybridized carbons (Fsp3) is 0.745. The number of hydrogen-bond donors (Lipinski definition) is 1. The van der Waals surface area contributed by atoms with Gasteiger partial charge < -0.3 is 47.7 Å². The van der Waals surface area contributed by atoms with Crippen molar-refractivity contribution in [1.82, 2.24) is 0 Å². The number of ether oxygens (including phenoxy) is 9. The number of fused-ring (bicyclic) bond motifs is 8. The van der Waals surface area contributed by atoms with Crippen molar-refractivity contribution in [1.29, 1.82) is 0 Å². The highest BCUT2D eigenvalue weighted by Crippen LogP contribution is 2.39. The smallest absolute Gasteiger partial charge is 0.331 e. The van der Waals surface area contributed by atoms with E-state index in [1.807, 2.05) is 110 Å². The van der Waals surface area contributed by atoms with E-state index in [-0.39, 0.29) is 72.7 Å². The van der Waals surface area contributed by atoms with E-state index in [1.54, 1.807) is 6.08 Å². The van der Waals surface area contributed by atoms with Gasteiger partial charge in [-0.3, -0.25) is 0 Å². The summed E-state index contributed by atoms with van der Waals surface area (Å²) in [5, 5.41) is 11.6. The minimum atomic E-state index is -0.815. The predicted octanol–water partition coefficient (Wildman–Crippen LogP) is 10.3. The summed E-state index contributed by atoms with van der Waals surface area (Å²) in [6.07, 6.45) is 28.8. The zero-order valence-corrected chi connectivity index (χ0v) is 39.7. The highest BCUT2D eigenvalue weighted by atomic mass is 16.7. The molecule has 0 aromatic carbocycles.